The van der Waals surface area contributed by atoms with Crippen LogP contribution in [-0.2, 0) is 0 Å². The Morgan fingerprint density at radius 1 is 1.00 bits per heavy atom. The number of halogens is 1. The van der Waals surface area contributed by atoms with Gasteiger partial charge in [0.15, 0.2) is 0 Å². The summed E-state index contributed by atoms with van der Waals surface area (Å²) in [6.07, 6.45) is 0. The van der Waals surface area contributed by atoms with Crippen LogP contribution in [0, 0.1) is 0 Å². The molecule has 3 rings (SSSR count). The number of hydrogen-bond donors (Lipinski definition) is 1. The van der Waals surface area contributed by atoms with E-state index in [-0.39, 0.29) is 0 Å². The van der Waals surface area contributed by atoms with Crippen LogP contribution >= 0.6 is 22.9 Å². The van der Waals surface area contributed by atoms with Crippen LogP contribution in [0.2, 0.25) is 5.02 Å². The van der Waals surface area contributed by atoms with Crippen molar-refractivity contribution in [3.05, 3.63) is 52.9 Å². The molecule has 0 radical (unpaired) electrons. The summed E-state index contributed by atoms with van der Waals surface area (Å²) in [6, 6.07) is 14.0. The van der Waals surface area contributed by atoms with Crippen LogP contribution in [-0.4, -0.2) is 0 Å². The van der Waals surface area contributed by atoms with E-state index in [2.05, 4.69) is 29.6 Å². The van der Waals surface area contributed by atoms with Crippen molar-refractivity contribution >= 4 is 38.7 Å². The van der Waals surface area contributed by atoms with E-state index in [0.29, 0.717) is 5.02 Å². The number of benzene rings is 2. The van der Waals surface area contributed by atoms with E-state index in [9.17, 15) is 0 Å². The number of nitrogen functional groups attached to an aromatic ring is 1. The number of thiophene rings is 1. The van der Waals surface area contributed by atoms with Gasteiger partial charge in [-0.25, -0.2) is 0 Å². The Morgan fingerprint density at radius 2 is 1.88 bits per heavy atom. The highest BCUT2D eigenvalue weighted by Crippen LogP contribution is 2.36. The fraction of sp³-hybridized carbons (Fsp3) is 0. The van der Waals surface area contributed by atoms with Crippen LogP contribution < -0.4 is 5.73 Å². The molecule has 3 aromatic rings. The minimum Gasteiger partial charge on any atom is -0.398 e. The first kappa shape index (κ1) is 10.6. The summed E-state index contributed by atoms with van der Waals surface area (Å²) in [4.78, 5) is 0. The highest BCUT2D eigenvalue weighted by atomic mass is 35.5. The van der Waals surface area contributed by atoms with Crippen molar-refractivity contribution in [2.24, 2.45) is 0 Å². The highest BCUT2D eigenvalue weighted by molar-refractivity contribution is 7.17. The molecule has 17 heavy (non-hydrogen) atoms. The van der Waals surface area contributed by atoms with Gasteiger partial charge in [-0.2, -0.15) is 0 Å². The molecule has 1 heterocycles. The van der Waals surface area contributed by atoms with Crippen LogP contribution in [0.4, 0.5) is 5.69 Å². The number of nitrogens with two attached hydrogens (primary N) is 1. The molecule has 0 bridgehead atoms. The van der Waals surface area contributed by atoms with Gasteiger partial charge in [-0.05, 0) is 29.0 Å². The summed E-state index contributed by atoms with van der Waals surface area (Å²) in [7, 11) is 0. The van der Waals surface area contributed by atoms with E-state index in [0.717, 1.165) is 11.3 Å². The Hall–Kier alpha value is -1.51. The van der Waals surface area contributed by atoms with Crippen LogP contribution in [0.15, 0.2) is 47.8 Å². The SMILES string of the molecule is Nc1cc(Cl)ccc1-c1cccc2ccsc12. The molecule has 0 aliphatic heterocycles. The van der Waals surface area contributed by atoms with Crippen LogP contribution in [0.1, 0.15) is 0 Å². The minimum absolute atomic E-state index is 0.671. The zero-order valence-corrected chi connectivity index (χ0v) is 10.6. The van der Waals surface area contributed by atoms with E-state index in [1.807, 2.05) is 12.1 Å². The fourth-order valence-electron chi connectivity index (χ4n) is 1.98. The lowest BCUT2D eigenvalue weighted by Crippen LogP contribution is -1.89. The van der Waals surface area contributed by atoms with Gasteiger partial charge in [0.2, 0.25) is 0 Å². The van der Waals surface area contributed by atoms with Gasteiger partial charge >= 0.3 is 0 Å². The predicted molar refractivity (Wildman–Crippen MR) is 76.7 cm³/mol. The van der Waals surface area contributed by atoms with E-state index < -0.39 is 0 Å². The number of rotatable bonds is 1. The Bertz CT molecular complexity index is 688. The van der Waals surface area contributed by atoms with Crippen molar-refractivity contribution in [3.8, 4) is 11.1 Å². The first-order valence-electron chi connectivity index (χ1n) is 5.27. The van der Waals surface area contributed by atoms with E-state index >= 15 is 0 Å². The Morgan fingerprint density at radius 3 is 2.71 bits per heavy atom. The van der Waals surface area contributed by atoms with Gasteiger partial charge in [0.05, 0.1) is 0 Å². The third-order valence-corrected chi connectivity index (χ3v) is 3.98. The summed E-state index contributed by atoms with van der Waals surface area (Å²) in [5, 5.41) is 4.02. The molecule has 0 aliphatic carbocycles. The molecular weight excluding hydrogens is 250 g/mol. The maximum Gasteiger partial charge on any atom is 0.0426 e. The standard InChI is InChI=1S/C14H10ClNS/c15-10-4-5-11(13(16)8-10)12-3-1-2-9-6-7-17-14(9)12/h1-8H,16H2. The number of hydrogen-bond acceptors (Lipinski definition) is 2. The van der Waals surface area contributed by atoms with Gasteiger partial charge in [-0.1, -0.05) is 35.9 Å². The molecule has 0 saturated heterocycles. The summed E-state index contributed by atoms with van der Waals surface area (Å²) in [5.74, 6) is 0. The smallest absolute Gasteiger partial charge is 0.0426 e. The van der Waals surface area contributed by atoms with Gasteiger partial charge in [-0.3, -0.25) is 0 Å². The first-order chi connectivity index (χ1) is 8.25. The van der Waals surface area contributed by atoms with Crippen LogP contribution in [0.5, 0.6) is 0 Å². The van der Waals surface area contributed by atoms with Crippen LogP contribution in [0.3, 0.4) is 0 Å². The average molecular weight is 260 g/mol. The second-order valence-corrected chi connectivity index (χ2v) is 5.23. The summed E-state index contributed by atoms with van der Waals surface area (Å²) >= 11 is 7.66. The molecule has 3 heteroatoms. The number of anilines is 1. The molecule has 0 spiro atoms. The topological polar surface area (TPSA) is 26.0 Å². The Balaban J connectivity index is 2.30. The Kier molecular flexibility index (Phi) is 2.54. The molecule has 0 atom stereocenters. The molecule has 2 N–H and O–H groups in total. The van der Waals surface area contributed by atoms with Crippen molar-refractivity contribution in [3.63, 3.8) is 0 Å². The maximum atomic E-state index is 6.03. The maximum absolute atomic E-state index is 6.03. The molecule has 84 valence electrons. The van der Waals surface area contributed by atoms with Crippen LogP contribution in [0.25, 0.3) is 21.2 Å². The normalized spacial score (nSPS) is 10.9. The average Bonchev–Trinajstić information content (AvgIpc) is 2.77. The molecule has 0 fully saturated rings. The molecule has 0 unspecified atom stereocenters. The molecule has 0 amide bonds. The van der Waals surface area contributed by atoms with Crippen molar-refractivity contribution in [1.29, 1.82) is 0 Å². The van der Waals surface area contributed by atoms with Crippen molar-refractivity contribution in [2.45, 2.75) is 0 Å². The van der Waals surface area contributed by atoms with Gasteiger partial charge in [-0.15, -0.1) is 11.3 Å². The van der Waals surface area contributed by atoms with Gasteiger partial charge in [0.1, 0.15) is 0 Å². The minimum atomic E-state index is 0.671. The van der Waals surface area contributed by atoms with Gasteiger partial charge in [0, 0.05) is 26.5 Å². The Labute approximate surface area is 108 Å². The molecule has 2 aromatic carbocycles. The number of fused-ring (bicyclic) bond motifs is 1. The monoisotopic (exact) mass is 259 g/mol. The lowest BCUT2D eigenvalue weighted by molar-refractivity contribution is 1.65. The largest absolute Gasteiger partial charge is 0.398 e. The second kappa shape index (κ2) is 4.06. The summed E-state index contributed by atoms with van der Waals surface area (Å²) < 4.78 is 1.27. The molecule has 0 saturated carbocycles. The van der Waals surface area contributed by atoms with Gasteiger partial charge < -0.3 is 5.73 Å². The van der Waals surface area contributed by atoms with Crippen molar-refractivity contribution in [2.75, 3.05) is 5.73 Å². The lowest BCUT2D eigenvalue weighted by Gasteiger charge is -2.07. The van der Waals surface area contributed by atoms with E-state index in [1.165, 1.54) is 15.6 Å². The predicted octanol–water partition coefficient (Wildman–Crippen LogP) is 4.80. The summed E-state index contributed by atoms with van der Waals surface area (Å²) in [6.45, 7) is 0. The molecule has 1 nitrogen and oxygen atoms in total. The fourth-order valence-corrected chi connectivity index (χ4v) is 3.09. The third-order valence-electron chi connectivity index (χ3n) is 2.78. The zero-order chi connectivity index (χ0) is 11.8. The van der Waals surface area contributed by atoms with E-state index in [1.54, 1.807) is 17.4 Å². The van der Waals surface area contributed by atoms with Crippen molar-refractivity contribution < 1.29 is 0 Å². The lowest BCUT2D eigenvalue weighted by atomic mass is 10.0. The molecular formula is C14H10ClNS. The van der Waals surface area contributed by atoms with E-state index in [4.69, 9.17) is 17.3 Å². The highest BCUT2D eigenvalue weighted by Gasteiger charge is 2.07. The zero-order valence-electron chi connectivity index (χ0n) is 8.98. The molecule has 0 aliphatic rings. The first-order valence-corrected chi connectivity index (χ1v) is 6.53. The molecule has 1 aromatic heterocycles. The summed E-state index contributed by atoms with van der Waals surface area (Å²) in [5.41, 5.74) is 8.97. The van der Waals surface area contributed by atoms with Gasteiger partial charge in [0.25, 0.3) is 0 Å². The second-order valence-electron chi connectivity index (χ2n) is 3.88. The quantitative estimate of drug-likeness (QED) is 0.624. The third kappa shape index (κ3) is 1.79. The van der Waals surface area contributed by atoms with Crippen molar-refractivity contribution in [1.82, 2.24) is 0 Å².